The predicted molar refractivity (Wildman–Crippen MR) is 105 cm³/mol. The SMILES string of the molecule is O=C1CC[C@]2(C(=O)NCc3ccccc3)CN(C3CCCCC3)CC[C@H]2N1. The number of amides is 2. The summed E-state index contributed by atoms with van der Waals surface area (Å²) in [4.78, 5) is 27.9. The Hall–Kier alpha value is -1.88. The molecule has 4 rings (SSSR count). The number of nitrogens with one attached hydrogen (secondary N) is 2. The van der Waals surface area contributed by atoms with Crippen LogP contribution in [0.4, 0.5) is 0 Å². The van der Waals surface area contributed by atoms with Gasteiger partial charge in [-0.2, -0.15) is 0 Å². The van der Waals surface area contributed by atoms with E-state index >= 15 is 0 Å². The van der Waals surface area contributed by atoms with Crippen LogP contribution in [-0.2, 0) is 16.1 Å². The maximum absolute atomic E-state index is 13.4. The summed E-state index contributed by atoms with van der Waals surface area (Å²) in [6, 6.07) is 10.6. The van der Waals surface area contributed by atoms with Gasteiger partial charge in [-0.05, 0) is 31.2 Å². The van der Waals surface area contributed by atoms with Crippen molar-refractivity contribution >= 4 is 11.8 Å². The Labute approximate surface area is 161 Å². The lowest BCUT2D eigenvalue weighted by Gasteiger charge is -2.51. The lowest BCUT2D eigenvalue weighted by atomic mass is 9.68. The second-order valence-electron chi connectivity index (χ2n) is 8.50. The number of hydrogen-bond acceptors (Lipinski definition) is 3. The smallest absolute Gasteiger partial charge is 0.229 e. The Bertz CT molecular complexity index is 671. The summed E-state index contributed by atoms with van der Waals surface area (Å²) in [6.07, 6.45) is 8.42. The third-order valence-corrected chi connectivity index (χ3v) is 6.83. The topological polar surface area (TPSA) is 61.4 Å². The van der Waals surface area contributed by atoms with Gasteiger partial charge in [0.25, 0.3) is 0 Å². The third-order valence-electron chi connectivity index (χ3n) is 6.83. The fourth-order valence-corrected chi connectivity index (χ4v) is 5.25. The van der Waals surface area contributed by atoms with Crippen LogP contribution in [0, 0.1) is 5.41 Å². The first kappa shape index (κ1) is 18.5. The van der Waals surface area contributed by atoms with Crippen molar-refractivity contribution in [3.05, 3.63) is 35.9 Å². The van der Waals surface area contributed by atoms with Crippen molar-refractivity contribution in [1.29, 1.82) is 0 Å². The van der Waals surface area contributed by atoms with Gasteiger partial charge < -0.3 is 10.6 Å². The van der Waals surface area contributed by atoms with E-state index in [2.05, 4.69) is 15.5 Å². The number of carbonyl (C=O) groups is 2. The van der Waals surface area contributed by atoms with Crippen LogP contribution in [0.25, 0.3) is 0 Å². The van der Waals surface area contributed by atoms with E-state index in [-0.39, 0.29) is 17.9 Å². The van der Waals surface area contributed by atoms with Gasteiger partial charge in [0.15, 0.2) is 0 Å². The fraction of sp³-hybridized carbons (Fsp3) is 0.636. The molecule has 146 valence electrons. The standard InChI is InChI=1S/C22H31N3O2/c26-20-11-13-22(21(27)23-15-17-7-3-1-4-8-17)16-25(14-12-19(22)24-20)18-9-5-2-6-10-18/h1,3-4,7-8,18-19H,2,5-6,9-16H2,(H,23,27)(H,24,26)/t19-,22+/m1/s1. The molecule has 1 saturated carbocycles. The summed E-state index contributed by atoms with van der Waals surface area (Å²) < 4.78 is 0. The van der Waals surface area contributed by atoms with E-state index in [4.69, 9.17) is 0 Å². The van der Waals surface area contributed by atoms with Gasteiger partial charge in [0.1, 0.15) is 0 Å². The van der Waals surface area contributed by atoms with Crippen molar-refractivity contribution in [3.8, 4) is 0 Å². The molecule has 1 aromatic carbocycles. The van der Waals surface area contributed by atoms with Gasteiger partial charge in [0.05, 0.1) is 5.41 Å². The van der Waals surface area contributed by atoms with Gasteiger partial charge >= 0.3 is 0 Å². The molecule has 2 atom stereocenters. The van der Waals surface area contributed by atoms with Crippen molar-refractivity contribution in [3.63, 3.8) is 0 Å². The Balaban J connectivity index is 1.50. The first-order valence-corrected chi connectivity index (χ1v) is 10.5. The Kier molecular flexibility index (Phi) is 5.48. The van der Waals surface area contributed by atoms with Gasteiger partial charge in [-0.15, -0.1) is 0 Å². The molecule has 0 radical (unpaired) electrons. The van der Waals surface area contributed by atoms with Crippen LogP contribution in [0.2, 0.25) is 0 Å². The average molecular weight is 370 g/mol. The molecule has 2 amide bonds. The molecule has 27 heavy (non-hydrogen) atoms. The molecular weight excluding hydrogens is 338 g/mol. The lowest BCUT2D eigenvalue weighted by molar-refractivity contribution is -0.145. The minimum Gasteiger partial charge on any atom is -0.352 e. The van der Waals surface area contributed by atoms with Crippen LogP contribution in [-0.4, -0.2) is 41.9 Å². The second-order valence-corrected chi connectivity index (χ2v) is 8.50. The molecule has 2 N–H and O–H groups in total. The zero-order valence-electron chi connectivity index (χ0n) is 16.1. The molecule has 0 aromatic heterocycles. The second kappa shape index (κ2) is 8.01. The van der Waals surface area contributed by atoms with Crippen LogP contribution >= 0.6 is 0 Å². The minimum atomic E-state index is -0.488. The van der Waals surface area contributed by atoms with E-state index in [1.54, 1.807) is 0 Å². The Morgan fingerprint density at radius 2 is 1.93 bits per heavy atom. The van der Waals surface area contributed by atoms with Crippen LogP contribution in [0.3, 0.4) is 0 Å². The summed E-state index contributed by atoms with van der Waals surface area (Å²) in [5.74, 6) is 0.203. The minimum absolute atomic E-state index is 0.0330. The molecule has 0 unspecified atom stereocenters. The van der Waals surface area contributed by atoms with Crippen LogP contribution in [0.5, 0.6) is 0 Å². The van der Waals surface area contributed by atoms with Crippen LogP contribution < -0.4 is 10.6 Å². The van der Waals surface area contributed by atoms with Crippen LogP contribution in [0.1, 0.15) is 56.9 Å². The summed E-state index contributed by atoms with van der Waals surface area (Å²) in [7, 11) is 0. The summed E-state index contributed by atoms with van der Waals surface area (Å²) in [5.41, 5.74) is 0.622. The highest BCUT2D eigenvalue weighted by Crippen LogP contribution is 2.40. The van der Waals surface area contributed by atoms with Gasteiger partial charge in [0, 0.05) is 38.1 Å². The zero-order chi connectivity index (χ0) is 18.7. The monoisotopic (exact) mass is 369 g/mol. The number of nitrogens with zero attached hydrogens (tertiary/aromatic N) is 1. The summed E-state index contributed by atoms with van der Waals surface area (Å²) in [5, 5.41) is 6.32. The van der Waals surface area contributed by atoms with Crippen molar-refractivity contribution in [2.45, 2.75) is 70.0 Å². The van der Waals surface area contributed by atoms with Gasteiger partial charge in [-0.1, -0.05) is 49.6 Å². The number of piperidine rings is 2. The van der Waals surface area contributed by atoms with Crippen molar-refractivity contribution in [1.82, 2.24) is 15.5 Å². The molecule has 2 aliphatic heterocycles. The van der Waals surface area contributed by atoms with E-state index in [0.29, 0.717) is 25.4 Å². The molecule has 2 heterocycles. The molecule has 0 bridgehead atoms. The molecule has 5 heteroatoms. The molecular formula is C22H31N3O2. The first-order chi connectivity index (χ1) is 13.2. The lowest BCUT2D eigenvalue weighted by Crippen LogP contribution is -2.67. The summed E-state index contributed by atoms with van der Waals surface area (Å²) in [6.45, 7) is 2.32. The molecule has 5 nitrogen and oxygen atoms in total. The normalized spacial score (nSPS) is 29.6. The molecule has 1 aromatic rings. The quantitative estimate of drug-likeness (QED) is 0.858. The van der Waals surface area contributed by atoms with Gasteiger partial charge in [-0.3, -0.25) is 14.5 Å². The largest absolute Gasteiger partial charge is 0.352 e. The van der Waals surface area contributed by atoms with Crippen molar-refractivity contribution in [2.24, 2.45) is 5.41 Å². The predicted octanol–water partition coefficient (Wildman–Crippen LogP) is 2.61. The van der Waals surface area contributed by atoms with E-state index < -0.39 is 5.41 Å². The van der Waals surface area contributed by atoms with E-state index in [9.17, 15) is 9.59 Å². The fourth-order valence-electron chi connectivity index (χ4n) is 5.25. The van der Waals surface area contributed by atoms with Crippen LogP contribution in [0.15, 0.2) is 30.3 Å². The maximum atomic E-state index is 13.4. The Morgan fingerprint density at radius 3 is 2.70 bits per heavy atom. The van der Waals surface area contributed by atoms with E-state index in [1.165, 1.54) is 32.1 Å². The number of likely N-dealkylation sites (tertiary alicyclic amines) is 1. The number of rotatable bonds is 4. The van der Waals surface area contributed by atoms with Gasteiger partial charge in [0.2, 0.25) is 11.8 Å². The van der Waals surface area contributed by atoms with Crippen molar-refractivity contribution < 1.29 is 9.59 Å². The van der Waals surface area contributed by atoms with Crippen molar-refractivity contribution in [2.75, 3.05) is 13.1 Å². The molecule has 3 aliphatic rings. The van der Waals surface area contributed by atoms with E-state index in [0.717, 1.165) is 25.1 Å². The number of carbonyl (C=O) groups excluding carboxylic acids is 2. The third kappa shape index (κ3) is 3.88. The zero-order valence-corrected chi connectivity index (χ0v) is 16.1. The Morgan fingerprint density at radius 1 is 1.15 bits per heavy atom. The number of fused-ring (bicyclic) bond motifs is 1. The first-order valence-electron chi connectivity index (χ1n) is 10.5. The molecule has 0 spiro atoms. The van der Waals surface area contributed by atoms with Gasteiger partial charge in [-0.25, -0.2) is 0 Å². The molecule has 2 saturated heterocycles. The van der Waals surface area contributed by atoms with E-state index in [1.807, 2.05) is 30.3 Å². The average Bonchev–Trinajstić information content (AvgIpc) is 2.73. The maximum Gasteiger partial charge on any atom is 0.229 e. The molecule has 3 fully saturated rings. The summed E-state index contributed by atoms with van der Waals surface area (Å²) >= 11 is 0. The highest BCUT2D eigenvalue weighted by Gasteiger charge is 2.52. The highest BCUT2D eigenvalue weighted by molar-refractivity contribution is 5.88. The molecule has 1 aliphatic carbocycles. The highest BCUT2D eigenvalue weighted by atomic mass is 16.2. The number of benzene rings is 1. The number of hydrogen-bond donors (Lipinski definition) is 2.